The fourth-order valence-corrected chi connectivity index (χ4v) is 15.3. The average Bonchev–Trinajstić information content (AvgIpc) is 0.761. The highest BCUT2D eigenvalue weighted by Gasteiger charge is 2.20. The molecule has 20 bridgehead atoms. The minimum atomic E-state index is -0.186. The molecule has 0 aliphatic carbocycles. The third-order valence-electron chi connectivity index (χ3n) is 22.8. The highest BCUT2D eigenvalue weighted by Crippen LogP contribution is 2.42. The van der Waals surface area contributed by atoms with Crippen LogP contribution in [-0.2, 0) is 21.7 Å². The molecule has 21 aromatic rings. The molecule has 21 aromatic carbocycles. The number of ether oxygens (including phenoxy) is 2. The van der Waals surface area contributed by atoms with Crippen LogP contribution in [0.5, 0.6) is 11.5 Å². The standard InChI is InChI=1S/C124H104O4/c1-85-25-45-105(46-26-85)119-115-81-107(99-57-61-113(62-58-99)127-67-19-65-125)82-116(119)102-51-39-88(40-52-102)30-34-96-70-92(74-110(78-96)122(6,7)8)22-16-18-24-94-72-98(80-112(76-94)124(12,13)14)36-32-90-43-55-104(56-44-90)118-84-108(100-59-63-114(64-60-100)128-68-20-66-126)83-117(120(118)106-47-27-86(2)28-48-106)103-53-41-89(42-54-103)31-35-97-71-93(75-111(79-97)123(9,10)11)23-17-15-21-91-69-95(77-109(73-91)121(3,4)5)33-29-87-37-49-101(115)50-38-87/h25-28,37-64,69-84,125-126H,19-20,65-68H2,1-14H3. The molecule has 0 spiro atoms. The minimum Gasteiger partial charge on any atom is -0.494 e. The van der Waals surface area contributed by atoms with Crippen molar-refractivity contribution >= 4 is 108 Å². The van der Waals surface area contributed by atoms with E-state index in [1.54, 1.807) is 0 Å². The Morgan fingerprint density at radius 2 is 0.430 bits per heavy atom. The highest BCUT2D eigenvalue weighted by molar-refractivity contribution is 6.13. The first-order valence-electron chi connectivity index (χ1n) is 43.9. The van der Waals surface area contributed by atoms with Crippen LogP contribution in [0.1, 0.15) is 129 Å². The molecular weight excluding hydrogens is 1550 g/mol. The van der Waals surface area contributed by atoms with E-state index in [0.717, 1.165) is 186 Å². The lowest BCUT2D eigenvalue weighted by molar-refractivity contribution is 0.233. The average molecular weight is 1660 g/mol. The lowest BCUT2D eigenvalue weighted by Crippen LogP contribution is -2.10. The molecule has 0 fully saturated rings. The van der Waals surface area contributed by atoms with Gasteiger partial charge in [-0.3, -0.25) is 0 Å². The van der Waals surface area contributed by atoms with Crippen molar-refractivity contribution in [3.8, 4) is 56.0 Å². The Kier molecular flexibility index (Phi) is 26.6. The van der Waals surface area contributed by atoms with Crippen molar-refractivity contribution in [1.29, 1.82) is 0 Å². The topological polar surface area (TPSA) is 58.9 Å². The molecule has 624 valence electrons. The van der Waals surface area contributed by atoms with Crippen LogP contribution >= 0.6 is 0 Å². The summed E-state index contributed by atoms with van der Waals surface area (Å²) in [6, 6.07) is 158. The molecule has 0 heterocycles. The zero-order valence-electron chi connectivity index (χ0n) is 75.7. The summed E-state index contributed by atoms with van der Waals surface area (Å²) in [5, 5.41) is 37.8. The second-order valence-electron chi connectivity index (χ2n) is 37.0. The number of aryl methyl sites for hydroxylation is 2. The van der Waals surface area contributed by atoms with Gasteiger partial charge in [-0.05, 0) is 339 Å². The molecule has 0 aliphatic heterocycles. The van der Waals surface area contributed by atoms with Crippen LogP contribution in [0.4, 0.5) is 0 Å². The Balaban J connectivity index is 0.923. The zero-order chi connectivity index (χ0) is 89.7. The Morgan fingerprint density at radius 3 is 0.648 bits per heavy atom. The van der Waals surface area contributed by atoms with E-state index in [4.69, 9.17) is 9.47 Å². The molecule has 0 saturated heterocycles. The van der Waals surface area contributed by atoms with E-state index in [1.165, 1.54) is 11.1 Å². The molecular formula is C124H104O4. The number of hydrogen-bond donors (Lipinski definition) is 2. The first-order valence-corrected chi connectivity index (χ1v) is 43.9. The highest BCUT2D eigenvalue weighted by atomic mass is 16.5. The van der Waals surface area contributed by atoms with Crippen molar-refractivity contribution in [1.82, 2.24) is 0 Å². The second-order valence-corrected chi connectivity index (χ2v) is 37.0. The number of rotatable bonds is 12. The Morgan fingerprint density at radius 1 is 0.219 bits per heavy atom. The third-order valence-corrected chi connectivity index (χ3v) is 22.8. The van der Waals surface area contributed by atoms with Gasteiger partial charge in [-0.25, -0.2) is 0 Å². The smallest absolute Gasteiger partial charge is 0.119 e. The Bertz CT molecular complexity index is 6380. The van der Waals surface area contributed by atoms with E-state index < -0.39 is 0 Å². The molecule has 128 heavy (non-hydrogen) atoms. The van der Waals surface area contributed by atoms with E-state index >= 15 is 0 Å². The van der Waals surface area contributed by atoms with Crippen molar-refractivity contribution in [3.05, 3.63) is 422 Å². The largest absolute Gasteiger partial charge is 0.494 e. The van der Waals surface area contributed by atoms with Crippen LogP contribution in [0.15, 0.2) is 291 Å². The van der Waals surface area contributed by atoms with E-state index in [-0.39, 0.29) is 34.9 Å². The van der Waals surface area contributed by atoms with Crippen molar-refractivity contribution in [3.63, 3.8) is 0 Å². The molecule has 0 aromatic heterocycles. The number of aliphatic hydroxyl groups is 2. The molecule has 4 nitrogen and oxygen atoms in total. The number of hydrogen-bond acceptors (Lipinski definition) is 4. The molecule has 0 atom stereocenters. The van der Waals surface area contributed by atoms with Crippen molar-refractivity contribution in [2.45, 2.75) is 131 Å². The fraction of sp³-hybridized carbons (Fsp3) is 0.194. The minimum absolute atomic E-state index is 0.0650. The molecule has 0 radical (unpaired) electrons. The van der Waals surface area contributed by atoms with Crippen LogP contribution in [0.3, 0.4) is 0 Å². The SMILES string of the molecule is Cc1ccc(-c2c3cc(-c4ccc(OCCCO)cc4)cc2c2ccc(c#cc4cc(C(C)(C)C)cc(c#cc#cc5cc(C(C)(C)C)cc(c#cc6ccc(cc6)c6cc(-c7ccc(OCCCO)cc7)cc(c6-c6ccc(C)cc6)c6ccc(c#cc7cc(C(C)(C)C)cc(c#cc#cc8cc(C(C)(C)C)cc(c#cc9ccc3cc9)c8)c7)cc6)c5)c4)cc2)cc1. The van der Waals surface area contributed by atoms with Gasteiger partial charge in [0.2, 0.25) is 0 Å². The molecule has 0 amide bonds. The monoisotopic (exact) mass is 1660 g/mol. The summed E-state index contributed by atoms with van der Waals surface area (Å²) in [6.07, 6.45) is 1.10. The predicted molar refractivity (Wildman–Crippen MR) is 536 cm³/mol. The maximum atomic E-state index is 9.53. The van der Waals surface area contributed by atoms with Gasteiger partial charge in [-0.2, -0.15) is 0 Å². The van der Waals surface area contributed by atoms with Crippen LogP contribution < -0.4 is 9.47 Å². The molecule has 0 saturated carbocycles. The summed E-state index contributed by atoms with van der Waals surface area (Å²) < 4.78 is 12.1. The van der Waals surface area contributed by atoms with E-state index in [9.17, 15) is 10.2 Å². The normalized spacial score (nSPS) is 11.1. The van der Waals surface area contributed by atoms with Crippen LogP contribution in [0.2, 0.25) is 0 Å². The van der Waals surface area contributed by atoms with Gasteiger partial charge in [0, 0.05) is 90.7 Å². The van der Waals surface area contributed by atoms with E-state index in [0.29, 0.717) is 26.1 Å². The Hall–Kier alpha value is -14.9. The van der Waals surface area contributed by atoms with Gasteiger partial charge in [0.1, 0.15) is 11.5 Å². The summed E-state index contributed by atoms with van der Waals surface area (Å²) in [6.45, 7) is 31.8. The molecule has 4 heteroatoms. The zero-order valence-corrected chi connectivity index (χ0v) is 75.7. The maximum Gasteiger partial charge on any atom is 0.119 e. The second kappa shape index (κ2) is 38.7. The van der Waals surface area contributed by atoms with Crippen molar-refractivity contribution < 1.29 is 19.7 Å². The van der Waals surface area contributed by atoms with E-state index in [1.807, 2.05) is 24.3 Å². The Labute approximate surface area is 757 Å². The van der Waals surface area contributed by atoms with Gasteiger partial charge < -0.3 is 19.7 Å². The molecule has 2 N–H and O–H groups in total. The van der Waals surface area contributed by atoms with Gasteiger partial charge in [0.15, 0.2) is 0 Å². The van der Waals surface area contributed by atoms with Crippen LogP contribution in [0.25, 0.3) is 152 Å². The fourth-order valence-electron chi connectivity index (χ4n) is 15.3. The summed E-state index contributed by atoms with van der Waals surface area (Å²) in [5.74, 6) is 1.49. The number of benzene rings is 14. The predicted octanol–water partition coefficient (Wildman–Crippen LogP) is 30.5. The van der Waals surface area contributed by atoms with Gasteiger partial charge >= 0.3 is 0 Å². The summed E-state index contributed by atoms with van der Waals surface area (Å²) in [5.41, 5.74) is 14.6. The first-order chi connectivity index (χ1) is 61.6. The quantitative estimate of drug-likeness (QED) is 0.120. The first kappa shape index (κ1) is 88.0. The number of aliphatic hydroxyl groups excluding tert-OH is 2. The summed E-state index contributed by atoms with van der Waals surface area (Å²) >= 11 is 0. The molecule has 21 rings (SSSR count). The summed E-state index contributed by atoms with van der Waals surface area (Å²) in [7, 11) is 0. The van der Waals surface area contributed by atoms with Gasteiger partial charge in [-0.1, -0.05) is 288 Å². The third kappa shape index (κ3) is 22.4. The lowest BCUT2D eigenvalue weighted by Gasteiger charge is -2.18. The van der Waals surface area contributed by atoms with Crippen molar-refractivity contribution in [2.75, 3.05) is 26.4 Å². The van der Waals surface area contributed by atoms with Crippen LogP contribution in [0, 0.1) is 111 Å². The molecule has 0 unspecified atom stereocenters. The van der Waals surface area contributed by atoms with Gasteiger partial charge in [0.25, 0.3) is 0 Å². The molecule has 0 aliphatic rings. The van der Waals surface area contributed by atoms with Gasteiger partial charge in [-0.15, -0.1) is 0 Å². The van der Waals surface area contributed by atoms with Crippen LogP contribution in [-0.4, -0.2) is 36.6 Å². The maximum absolute atomic E-state index is 9.53. The lowest BCUT2D eigenvalue weighted by atomic mass is 9.86. The summed E-state index contributed by atoms with van der Waals surface area (Å²) in [4.78, 5) is 0. The van der Waals surface area contributed by atoms with E-state index in [2.05, 4.69) is 461 Å². The van der Waals surface area contributed by atoms with Gasteiger partial charge in [0.05, 0.1) is 13.2 Å². The van der Waals surface area contributed by atoms with Crippen molar-refractivity contribution in [2.24, 2.45) is 0 Å².